The van der Waals surface area contributed by atoms with Crippen LogP contribution in [-0.2, 0) is 0 Å². The lowest BCUT2D eigenvalue weighted by atomic mass is 10.5. The highest BCUT2D eigenvalue weighted by atomic mass is 35.5. The first-order valence-corrected chi connectivity index (χ1v) is 7.25. The van der Waals surface area contributed by atoms with E-state index >= 15 is 0 Å². The molecule has 0 spiro atoms. The number of halogens is 2. The molecule has 0 aromatic carbocycles. The van der Waals surface area contributed by atoms with Gasteiger partial charge >= 0.3 is 0 Å². The molecule has 1 atom stereocenters. The Morgan fingerprint density at radius 3 is 2.93 bits per heavy atom. The molecule has 15 heavy (non-hydrogen) atoms. The maximum atomic E-state index is 5.94. The molecular formula is C8H11Cl2N3S2. The number of rotatable bonds is 5. The van der Waals surface area contributed by atoms with Gasteiger partial charge in [0.15, 0.2) is 4.34 Å². The van der Waals surface area contributed by atoms with Crippen LogP contribution in [0.1, 0.15) is 13.3 Å². The van der Waals surface area contributed by atoms with E-state index in [0.29, 0.717) is 5.92 Å². The van der Waals surface area contributed by atoms with Crippen LogP contribution >= 0.6 is 46.3 Å². The Labute approximate surface area is 107 Å². The van der Waals surface area contributed by atoms with Gasteiger partial charge < -0.3 is 5.32 Å². The van der Waals surface area contributed by atoms with Crippen molar-refractivity contribution in [2.75, 3.05) is 17.6 Å². The normalized spacial score (nSPS) is 22.7. The van der Waals surface area contributed by atoms with E-state index in [-0.39, 0.29) is 0 Å². The van der Waals surface area contributed by atoms with E-state index in [4.69, 9.17) is 23.2 Å². The molecule has 1 heterocycles. The van der Waals surface area contributed by atoms with Gasteiger partial charge in [-0.3, -0.25) is 0 Å². The van der Waals surface area contributed by atoms with Crippen LogP contribution < -0.4 is 5.32 Å². The van der Waals surface area contributed by atoms with Gasteiger partial charge in [-0.2, -0.15) is 0 Å². The van der Waals surface area contributed by atoms with E-state index in [9.17, 15) is 0 Å². The average molecular weight is 284 g/mol. The summed E-state index contributed by atoms with van der Waals surface area (Å²) in [5.41, 5.74) is 0. The van der Waals surface area contributed by atoms with Crippen molar-refractivity contribution in [2.24, 2.45) is 5.92 Å². The van der Waals surface area contributed by atoms with Crippen LogP contribution in [-0.4, -0.2) is 26.8 Å². The highest BCUT2D eigenvalue weighted by molar-refractivity contribution is 8.01. The van der Waals surface area contributed by atoms with Crippen molar-refractivity contribution < 1.29 is 0 Å². The smallest absolute Gasteiger partial charge is 0.206 e. The topological polar surface area (TPSA) is 37.8 Å². The van der Waals surface area contributed by atoms with Gasteiger partial charge in [-0.15, -0.1) is 33.4 Å². The molecule has 0 aliphatic heterocycles. The summed E-state index contributed by atoms with van der Waals surface area (Å²) < 4.78 is 0.490. The van der Waals surface area contributed by atoms with Gasteiger partial charge in [-0.05, 0) is 13.3 Å². The van der Waals surface area contributed by atoms with Crippen molar-refractivity contribution in [3.05, 3.63) is 0 Å². The van der Waals surface area contributed by atoms with Crippen LogP contribution in [0.5, 0.6) is 0 Å². The summed E-state index contributed by atoms with van der Waals surface area (Å²) in [5.74, 6) is 1.32. The lowest BCUT2D eigenvalue weighted by Gasteiger charge is -1.96. The van der Waals surface area contributed by atoms with Gasteiger partial charge in [-0.1, -0.05) is 23.1 Å². The molecule has 1 aliphatic rings. The van der Waals surface area contributed by atoms with Crippen LogP contribution in [0.2, 0.25) is 0 Å². The van der Waals surface area contributed by atoms with E-state index in [1.807, 2.05) is 6.92 Å². The number of alkyl halides is 2. The molecule has 0 unspecified atom stereocenters. The largest absolute Gasteiger partial charge is 0.360 e. The van der Waals surface area contributed by atoms with Gasteiger partial charge in [0.1, 0.15) is 4.33 Å². The maximum absolute atomic E-state index is 5.94. The van der Waals surface area contributed by atoms with E-state index in [1.54, 1.807) is 23.1 Å². The number of hydrogen-bond donors (Lipinski definition) is 1. The Bertz CT molecular complexity index is 342. The lowest BCUT2D eigenvalue weighted by molar-refractivity contribution is 0.965. The zero-order valence-electron chi connectivity index (χ0n) is 8.17. The Hall–Kier alpha value is 0.290. The number of thioether (sulfide) groups is 1. The van der Waals surface area contributed by atoms with Crippen LogP contribution in [0, 0.1) is 5.92 Å². The standard InChI is InChI=1S/C8H11Cl2N3S2/c1-2-11-6-12-13-7(15-6)14-4-5-3-8(5,9)10/h5H,2-4H2,1H3,(H,11,12)/t5-/m1/s1. The Balaban J connectivity index is 1.79. The van der Waals surface area contributed by atoms with Crippen molar-refractivity contribution in [1.29, 1.82) is 0 Å². The molecule has 1 aliphatic carbocycles. The molecule has 7 heteroatoms. The first kappa shape index (κ1) is 11.8. The summed E-state index contributed by atoms with van der Waals surface area (Å²) in [4.78, 5) is 0. The minimum absolute atomic E-state index is 0.400. The summed E-state index contributed by atoms with van der Waals surface area (Å²) in [7, 11) is 0. The summed E-state index contributed by atoms with van der Waals surface area (Å²) in [5, 5.41) is 12.1. The zero-order chi connectivity index (χ0) is 10.9. The summed E-state index contributed by atoms with van der Waals surface area (Å²) in [6.07, 6.45) is 0.891. The Kier molecular flexibility index (Phi) is 3.65. The third-order valence-electron chi connectivity index (χ3n) is 2.10. The molecular weight excluding hydrogens is 273 g/mol. The minimum Gasteiger partial charge on any atom is -0.360 e. The summed E-state index contributed by atoms with van der Waals surface area (Å²) in [6, 6.07) is 0. The summed E-state index contributed by atoms with van der Waals surface area (Å²) >= 11 is 15.1. The molecule has 84 valence electrons. The molecule has 0 saturated heterocycles. The number of nitrogens with zero attached hydrogens (tertiary/aromatic N) is 2. The molecule has 0 radical (unpaired) electrons. The predicted octanol–water partition coefficient (Wildman–Crippen LogP) is 3.26. The number of aromatic nitrogens is 2. The van der Waals surface area contributed by atoms with Gasteiger partial charge in [0, 0.05) is 18.2 Å². The van der Waals surface area contributed by atoms with Crippen LogP contribution in [0.3, 0.4) is 0 Å². The predicted molar refractivity (Wildman–Crippen MR) is 67.3 cm³/mol. The molecule has 2 rings (SSSR count). The first-order chi connectivity index (χ1) is 7.12. The van der Waals surface area contributed by atoms with E-state index in [1.165, 1.54) is 0 Å². The average Bonchev–Trinajstić information content (AvgIpc) is 2.62. The van der Waals surface area contributed by atoms with Gasteiger partial charge in [0.05, 0.1) is 0 Å². The van der Waals surface area contributed by atoms with Crippen LogP contribution in [0.15, 0.2) is 4.34 Å². The molecule has 1 N–H and O–H groups in total. The summed E-state index contributed by atoms with van der Waals surface area (Å²) in [6.45, 7) is 2.90. The second kappa shape index (κ2) is 4.65. The molecule has 1 saturated carbocycles. The second-order valence-electron chi connectivity index (χ2n) is 3.38. The number of anilines is 1. The van der Waals surface area contributed by atoms with E-state index < -0.39 is 4.33 Å². The SMILES string of the molecule is CCNc1nnc(SC[C@H]2CC2(Cl)Cl)s1. The lowest BCUT2D eigenvalue weighted by Crippen LogP contribution is -1.94. The van der Waals surface area contributed by atoms with Gasteiger partial charge in [0.2, 0.25) is 5.13 Å². The minimum atomic E-state index is -0.484. The molecule has 0 amide bonds. The van der Waals surface area contributed by atoms with Crippen molar-refractivity contribution >= 4 is 51.4 Å². The first-order valence-electron chi connectivity index (χ1n) is 4.70. The third kappa shape index (κ3) is 3.12. The third-order valence-corrected chi connectivity index (χ3v) is 5.20. The Morgan fingerprint density at radius 1 is 1.60 bits per heavy atom. The Morgan fingerprint density at radius 2 is 2.33 bits per heavy atom. The quantitative estimate of drug-likeness (QED) is 0.665. The van der Waals surface area contributed by atoms with Crippen LogP contribution in [0.4, 0.5) is 5.13 Å². The fraction of sp³-hybridized carbons (Fsp3) is 0.750. The second-order valence-corrected chi connectivity index (χ2v) is 7.16. The van der Waals surface area contributed by atoms with Crippen molar-refractivity contribution in [2.45, 2.75) is 22.0 Å². The van der Waals surface area contributed by atoms with E-state index in [0.717, 1.165) is 28.2 Å². The molecule has 0 bridgehead atoms. The molecule has 1 fully saturated rings. The van der Waals surface area contributed by atoms with Crippen molar-refractivity contribution in [3.8, 4) is 0 Å². The maximum Gasteiger partial charge on any atom is 0.206 e. The molecule has 1 aromatic heterocycles. The van der Waals surface area contributed by atoms with Crippen LogP contribution in [0.25, 0.3) is 0 Å². The zero-order valence-corrected chi connectivity index (χ0v) is 11.3. The molecule has 1 aromatic rings. The monoisotopic (exact) mass is 283 g/mol. The van der Waals surface area contributed by atoms with Crippen molar-refractivity contribution in [3.63, 3.8) is 0 Å². The highest BCUT2D eigenvalue weighted by Gasteiger charge is 2.51. The number of nitrogens with one attached hydrogen (secondary N) is 1. The van der Waals surface area contributed by atoms with Crippen molar-refractivity contribution in [1.82, 2.24) is 10.2 Å². The fourth-order valence-corrected chi connectivity index (χ4v) is 3.89. The van der Waals surface area contributed by atoms with Gasteiger partial charge in [0.25, 0.3) is 0 Å². The van der Waals surface area contributed by atoms with Gasteiger partial charge in [-0.25, -0.2) is 0 Å². The van der Waals surface area contributed by atoms with E-state index in [2.05, 4.69) is 15.5 Å². The highest BCUT2D eigenvalue weighted by Crippen LogP contribution is 2.54. The molecule has 3 nitrogen and oxygen atoms in total. The fourth-order valence-electron chi connectivity index (χ4n) is 1.11. The number of hydrogen-bond acceptors (Lipinski definition) is 5.